The maximum absolute atomic E-state index is 12.4. The number of benzene rings is 1. The monoisotopic (exact) mass is 343 g/mol. The Morgan fingerprint density at radius 2 is 2.04 bits per heavy atom. The fraction of sp³-hybridized carbons (Fsp3) is 0.667. The summed E-state index contributed by atoms with van der Waals surface area (Å²) in [6.07, 6.45) is 4.07. The van der Waals surface area contributed by atoms with Gasteiger partial charge in [0.2, 0.25) is 5.91 Å². The maximum Gasteiger partial charge on any atom is 0.223 e. The van der Waals surface area contributed by atoms with E-state index in [4.69, 9.17) is 0 Å². The number of phenols is 1. The van der Waals surface area contributed by atoms with Gasteiger partial charge in [0, 0.05) is 18.9 Å². The van der Waals surface area contributed by atoms with Crippen LogP contribution >= 0.6 is 0 Å². The van der Waals surface area contributed by atoms with E-state index in [-0.39, 0.29) is 23.2 Å². The van der Waals surface area contributed by atoms with Crippen molar-refractivity contribution in [2.75, 3.05) is 7.05 Å². The Morgan fingerprint density at radius 3 is 2.76 bits per heavy atom. The number of hydrogen-bond acceptors (Lipinski definition) is 3. The Bertz CT molecular complexity index is 715. The molecule has 5 unspecified atom stereocenters. The normalized spacial score (nSPS) is 39.3. The van der Waals surface area contributed by atoms with Crippen LogP contribution in [-0.4, -0.2) is 29.3 Å². The molecule has 0 spiro atoms. The number of aliphatic hydroxyl groups is 1. The number of fused-ring (bicyclic) bond motifs is 5. The molecule has 6 atom stereocenters. The van der Waals surface area contributed by atoms with Gasteiger partial charge in [0.05, 0.1) is 6.10 Å². The van der Waals surface area contributed by atoms with Crippen molar-refractivity contribution in [1.29, 1.82) is 0 Å². The smallest absolute Gasteiger partial charge is 0.223 e. The largest absolute Gasteiger partial charge is 0.508 e. The van der Waals surface area contributed by atoms with E-state index < -0.39 is 6.10 Å². The average molecular weight is 343 g/mol. The van der Waals surface area contributed by atoms with Crippen molar-refractivity contribution in [3.05, 3.63) is 28.8 Å². The number of aromatic hydroxyl groups is 1. The predicted molar refractivity (Wildman–Crippen MR) is 96.4 cm³/mol. The molecular weight excluding hydrogens is 314 g/mol. The van der Waals surface area contributed by atoms with Crippen molar-refractivity contribution in [3.63, 3.8) is 0 Å². The summed E-state index contributed by atoms with van der Waals surface area (Å²) in [5.74, 6) is 1.46. The molecule has 4 rings (SSSR count). The zero-order valence-corrected chi connectivity index (χ0v) is 15.4. The lowest BCUT2D eigenvalue weighted by Crippen LogP contribution is -2.51. The van der Waals surface area contributed by atoms with Crippen molar-refractivity contribution < 1.29 is 15.0 Å². The molecule has 0 aromatic heterocycles. The van der Waals surface area contributed by atoms with Crippen LogP contribution in [0.3, 0.4) is 0 Å². The van der Waals surface area contributed by atoms with Gasteiger partial charge in [-0.05, 0) is 79.0 Å². The van der Waals surface area contributed by atoms with Crippen LogP contribution < -0.4 is 5.32 Å². The molecule has 2 saturated carbocycles. The second kappa shape index (κ2) is 5.73. The van der Waals surface area contributed by atoms with Gasteiger partial charge in [-0.15, -0.1) is 0 Å². The van der Waals surface area contributed by atoms with Crippen molar-refractivity contribution in [3.8, 4) is 5.75 Å². The molecule has 0 saturated heterocycles. The number of hydrogen-bond donors (Lipinski definition) is 3. The number of aliphatic hydroxyl groups excluding tert-OH is 1. The third kappa shape index (κ3) is 2.26. The fourth-order valence-electron chi connectivity index (χ4n) is 6.57. The molecule has 0 bridgehead atoms. The predicted octanol–water partition coefficient (Wildman–Crippen LogP) is 2.89. The summed E-state index contributed by atoms with van der Waals surface area (Å²) in [6, 6.07) is 3.75. The van der Waals surface area contributed by atoms with Gasteiger partial charge in [0.1, 0.15) is 5.75 Å². The van der Waals surface area contributed by atoms with E-state index in [1.165, 1.54) is 11.1 Å². The van der Waals surface area contributed by atoms with Gasteiger partial charge in [0.15, 0.2) is 0 Å². The topological polar surface area (TPSA) is 69.6 Å². The van der Waals surface area contributed by atoms with Crippen molar-refractivity contribution in [1.82, 2.24) is 5.32 Å². The summed E-state index contributed by atoms with van der Waals surface area (Å²) in [6.45, 7) is 4.30. The van der Waals surface area contributed by atoms with Crippen LogP contribution in [0.1, 0.15) is 55.2 Å². The van der Waals surface area contributed by atoms with E-state index in [1.807, 2.05) is 6.07 Å². The molecular formula is C21H29NO3. The summed E-state index contributed by atoms with van der Waals surface area (Å²) < 4.78 is 0. The summed E-state index contributed by atoms with van der Waals surface area (Å²) in [7, 11) is 1.71. The van der Waals surface area contributed by atoms with Gasteiger partial charge in [-0.1, -0.05) is 13.0 Å². The quantitative estimate of drug-likeness (QED) is 0.734. The highest BCUT2D eigenvalue weighted by atomic mass is 16.3. The molecule has 3 aliphatic carbocycles. The Morgan fingerprint density at radius 1 is 1.28 bits per heavy atom. The van der Waals surface area contributed by atoms with Crippen LogP contribution in [0, 0.1) is 30.1 Å². The summed E-state index contributed by atoms with van der Waals surface area (Å²) in [5, 5.41) is 24.3. The molecule has 1 amide bonds. The van der Waals surface area contributed by atoms with Crippen molar-refractivity contribution in [2.45, 2.75) is 58.0 Å². The number of carbonyl (C=O) groups excluding carboxylic acids is 1. The molecule has 136 valence electrons. The highest BCUT2D eigenvalue weighted by Crippen LogP contribution is 2.63. The molecule has 4 heteroatoms. The first-order chi connectivity index (χ1) is 11.9. The van der Waals surface area contributed by atoms with Gasteiger partial charge in [0.25, 0.3) is 0 Å². The van der Waals surface area contributed by atoms with Crippen LogP contribution in [0.4, 0.5) is 0 Å². The molecule has 1 aromatic carbocycles. The second-order valence-electron chi connectivity index (χ2n) is 8.65. The lowest BCUT2D eigenvalue weighted by atomic mass is 9.52. The van der Waals surface area contributed by atoms with E-state index in [0.717, 1.165) is 31.2 Å². The number of phenolic OH excluding ortho intramolecular Hbond substituents is 1. The van der Waals surface area contributed by atoms with Crippen LogP contribution in [0.15, 0.2) is 12.1 Å². The molecule has 4 nitrogen and oxygen atoms in total. The SMILES string of the molecule is CNC(=O)[C@H]1CCC2C3CCc4c(O)ccc(C)c4C3C(O)CC21C. The Balaban J connectivity index is 1.76. The highest BCUT2D eigenvalue weighted by molar-refractivity contribution is 5.79. The minimum absolute atomic E-state index is 0.00442. The van der Waals surface area contributed by atoms with E-state index in [2.05, 4.69) is 19.2 Å². The van der Waals surface area contributed by atoms with Gasteiger partial charge in [-0.25, -0.2) is 0 Å². The summed E-state index contributed by atoms with van der Waals surface area (Å²) >= 11 is 0. The van der Waals surface area contributed by atoms with Crippen LogP contribution in [0.5, 0.6) is 5.75 Å². The Labute approximate surface area is 149 Å². The zero-order valence-electron chi connectivity index (χ0n) is 15.4. The molecule has 2 fully saturated rings. The maximum atomic E-state index is 12.4. The first-order valence-corrected chi connectivity index (χ1v) is 9.59. The minimum atomic E-state index is -0.448. The second-order valence-corrected chi connectivity index (χ2v) is 8.65. The highest BCUT2D eigenvalue weighted by Gasteiger charge is 2.59. The lowest BCUT2D eigenvalue weighted by Gasteiger charge is -2.53. The molecule has 1 aromatic rings. The van der Waals surface area contributed by atoms with E-state index in [0.29, 0.717) is 24.0 Å². The first-order valence-electron chi connectivity index (χ1n) is 9.59. The molecule has 3 N–H and O–H groups in total. The zero-order chi connectivity index (χ0) is 17.9. The van der Waals surface area contributed by atoms with Crippen molar-refractivity contribution in [2.24, 2.45) is 23.2 Å². The third-order valence-corrected chi connectivity index (χ3v) is 7.63. The first kappa shape index (κ1) is 16.9. The number of nitrogens with one attached hydrogen (secondary N) is 1. The van der Waals surface area contributed by atoms with Crippen molar-refractivity contribution >= 4 is 5.91 Å². The van der Waals surface area contributed by atoms with E-state index in [1.54, 1.807) is 13.1 Å². The number of aryl methyl sites for hydroxylation is 1. The Hall–Kier alpha value is -1.55. The minimum Gasteiger partial charge on any atom is -0.508 e. The molecule has 0 aliphatic heterocycles. The fourth-order valence-corrected chi connectivity index (χ4v) is 6.57. The molecule has 3 aliphatic rings. The molecule has 0 heterocycles. The summed E-state index contributed by atoms with van der Waals surface area (Å²) in [4.78, 5) is 12.4. The number of amides is 1. The van der Waals surface area contributed by atoms with Crippen LogP contribution in [-0.2, 0) is 11.2 Å². The van der Waals surface area contributed by atoms with Gasteiger partial charge < -0.3 is 15.5 Å². The molecule has 0 radical (unpaired) electrons. The van der Waals surface area contributed by atoms with Gasteiger partial charge in [-0.2, -0.15) is 0 Å². The van der Waals surface area contributed by atoms with E-state index >= 15 is 0 Å². The average Bonchev–Trinajstić information content (AvgIpc) is 2.93. The van der Waals surface area contributed by atoms with Gasteiger partial charge in [-0.3, -0.25) is 4.79 Å². The van der Waals surface area contributed by atoms with E-state index in [9.17, 15) is 15.0 Å². The molecule has 25 heavy (non-hydrogen) atoms. The number of carbonyl (C=O) groups is 1. The summed E-state index contributed by atoms with van der Waals surface area (Å²) in [5.41, 5.74) is 3.26. The third-order valence-electron chi connectivity index (χ3n) is 7.63. The standard InChI is InChI=1S/C21H29NO3/c1-11-4-9-16(23)13-6-5-12-14-7-8-15(20(25)22-3)21(14,2)10-17(24)19(12)18(11)13/h4,9,12,14-15,17,19,23-24H,5-8,10H2,1-3H3,(H,22,25)/t12?,14?,15-,17?,19?,21?/m1/s1. The van der Waals surface area contributed by atoms with Gasteiger partial charge >= 0.3 is 0 Å². The Kier molecular flexibility index (Phi) is 3.87. The lowest BCUT2D eigenvalue weighted by molar-refractivity contribution is -0.132. The van der Waals surface area contributed by atoms with Crippen LogP contribution in [0.25, 0.3) is 0 Å². The number of rotatable bonds is 1. The van der Waals surface area contributed by atoms with Crippen LogP contribution in [0.2, 0.25) is 0 Å².